The molecule has 0 saturated heterocycles. The molecule has 2 aromatic heterocycles. The maximum absolute atomic E-state index is 8.96. The maximum Gasteiger partial charge on any atom is 0.197 e. The summed E-state index contributed by atoms with van der Waals surface area (Å²) in [5.74, 6) is 6.69. The molecule has 0 atom stereocenters. The second kappa shape index (κ2) is 11.8. The van der Waals surface area contributed by atoms with Crippen molar-refractivity contribution in [1.82, 2.24) is 19.7 Å². The predicted octanol–water partition coefficient (Wildman–Crippen LogP) is 4.85. The van der Waals surface area contributed by atoms with Gasteiger partial charge >= 0.3 is 0 Å². The van der Waals surface area contributed by atoms with Crippen molar-refractivity contribution >= 4 is 125 Å². The van der Waals surface area contributed by atoms with Crippen LogP contribution in [0.1, 0.15) is 17.0 Å². The summed E-state index contributed by atoms with van der Waals surface area (Å²) in [6.45, 7) is 1.81. The van der Waals surface area contributed by atoms with Crippen molar-refractivity contribution in [3.8, 4) is 23.3 Å². The van der Waals surface area contributed by atoms with E-state index < -0.39 is 20.4 Å². The molecule has 3 aromatic rings. The van der Waals surface area contributed by atoms with Gasteiger partial charge < -0.3 is 9.84 Å². The minimum atomic E-state index is -1.34. The van der Waals surface area contributed by atoms with Gasteiger partial charge in [-0.1, -0.05) is 23.6 Å². The van der Waals surface area contributed by atoms with Gasteiger partial charge in [-0.3, -0.25) is 9.55 Å². The Hall–Kier alpha value is 0.330. The van der Waals surface area contributed by atoms with Crippen LogP contribution < -0.4 is 4.74 Å². The van der Waals surface area contributed by atoms with E-state index in [0.29, 0.717) is 22.4 Å². The van der Waals surface area contributed by atoms with Crippen LogP contribution in [0.4, 0.5) is 0 Å². The zero-order valence-electron chi connectivity index (χ0n) is 20.0. The third kappa shape index (κ3) is 5.34. The largest absolute Gasteiger partial charge is 0.486 e. The van der Waals surface area contributed by atoms with Crippen LogP contribution in [0.2, 0.25) is 0 Å². The number of aliphatic hydroxyl groups excluding tert-OH is 1. The Morgan fingerprint density at radius 3 is 2.18 bits per heavy atom. The molecule has 0 bridgehead atoms. The third-order valence-electron chi connectivity index (χ3n) is 6.11. The van der Waals surface area contributed by atoms with Crippen molar-refractivity contribution in [3.63, 3.8) is 0 Å². The molecule has 1 aliphatic carbocycles. The molecule has 2 heterocycles. The fraction of sp³-hybridized carbons (Fsp3) is 0.348. The highest BCUT2D eigenvalue weighted by Gasteiger charge is 2.81. The molecule has 1 aromatic carbocycles. The first kappa shape index (κ1) is 32.2. The lowest BCUT2D eigenvalue weighted by atomic mass is 10.1. The van der Waals surface area contributed by atoms with E-state index in [0.717, 1.165) is 11.1 Å². The molecular formula is C23H24N4O2S10. The van der Waals surface area contributed by atoms with Gasteiger partial charge in [0.25, 0.3) is 0 Å². The Bertz CT molecular complexity index is 1410. The lowest BCUT2D eigenvalue weighted by Crippen LogP contribution is -2.49. The number of nitrogens with zero attached hydrogens (tertiary/aromatic N) is 4. The van der Waals surface area contributed by atoms with Crippen LogP contribution in [0.15, 0.2) is 47.9 Å². The topological polar surface area (TPSA) is 73.1 Å². The Morgan fingerprint density at radius 2 is 1.62 bits per heavy atom. The second-order valence-corrected chi connectivity index (χ2v) is 17.5. The van der Waals surface area contributed by atoms with Gasteiger partial charge in [0.05, 0.1) is 11.9 Å². The van der Waals surface area contributed by atoms with Crippen molar-refractivity contribution < 1.29 is 9.84 Å². The van der Waals surface area contributed by atoms with Crippen LogP contribution in [-0.2, 0) is 6.61 Å². The molecule has 39 heavy (non-hydrogen) atoms. The van der Waals surface area contributed by atoms with E-state index in [4.69, 9.17) is 124 Å². The zero-order valence-corrected chi connectivity index (χ0v) is 28.9. The van der Waals surface area contributed by atoms with Crippen molar-refractivity contribution in [2.75, 3.05) is 6.61 Å². The number of ether oxygens (including phenoxy) is 1. The number of thioether (sulfide) groups is 1. The molecule has 1 fully saturated rings. The molecule has 0 spiro atoms. The molecular weight excluding hydrogens is 685 g/mol. The van der Waals surface area contributed by atoms with E-state index in [1.165, 1.54) is 11.8 Å². The zero-order chi connectivity index (χ0) is 28.9. The number of pyridine rings is 1. The molecule has 16 heteroatoms. The number of aliphatic hydroxyl groups is 1. The Morgan fingerprint density at radius 1 is 0.949 bits per heavy atom. The van der Waals surface area contributed by atoms with E-state index in [9.17, 15) is 0 Å². The first-order valence-corrected chi connectivity index (χ1v) is 15.8. The third-order valence-corrected chi connectivity index (χ3v) is 17.2. The smallest absolute Gasteiger partial charge is 0.197 e. The average molecular weight is 709 g/mol. The average Bonchev–Trinajstić information content (AvgIpc) is 3.30. The lowest BCUT2D eigenvalue weighted by Gasteiger charge is -2.43. The summed E-state index contributed by atoms with van der Waals surface area (Å²) >= 11 is 44.4. The highest BCUT2D eigenvalue weighted by molar-refractivity contribution is 8.21. The lowest BCUT2D eigenvalue weighted by molar-refractivity contribution is 0.292. The van der Waals surface area contributed by atoms with Gasteiger partial charge in [0.15, 0.2) is 11.0 Å². The highest BCUT2D eigenvalue weighted by atomic mass is 32.2. The monoisotopic (exact) mass is 708 g/mol. The summed E-state index contributed by atoms with van der Waals surface area (Å²) in [6, 6.07) is 9.19. The predicted molar refractivity (Wildman–Crippen MR) is 189 cm³/mol. The molecule has 0 aliphatic heterocycles. The van der Waals surface area contributed by atoms with Gasteiger partial charge in [0, 0.05) is 11.8 Å². The minimum absolute atomic E-state index is 0.0923. The van der Waals surface area contributed by atoms with E-state index in [1.807, 2.05) is 25.1 Å². The van der Waals surface area contributed by atoms with E-state index >= 15 is 0 Å². The Labute approximate surface area is 281 Å². The number of thiol groups is 9. The van der Waals surface area contributed by atoms with Crippen molar-refractivity contribution in [2.45, 2.75) is 39.1 Å². The number of benzene rings is 1. The Kier molecular flexibility index (Phi) is 9.74. The van der Waals surface area contributed by atoms with Crippen LogP contribution in [0.3, 0.4) is 0 Å². The quantitative estimate of drug-likeness (QED) is 0.103. The maximum atomic E-state index is 8.96. The molecule has 1 aliphatic rings. The number of hydrogen-bond donors (Lipinski definition) is 10. The van der Waals surface area contributed by atoms with Crippen LogP contribution in [0.5, 0.6) is 5.75 Å². The van der Waals surface area contributed by atoms with Gasteiger partial charge in [-0.25, -0.2) is 0 Å². The van der Waals surface area contributed by atoms with Crippen LogP contribution in [-0.4, -0.2) is 51.9 Å². The summed E-state index contributed by atoms with van der Waals surface area (Å²) in [7, 11) is 0. The van der Waals surface area contributed by atoms with Gasteiger partial charge in [-0.05, 0) is 42.8 Å². The van der Waals surface area contributed by atoms with Crippen LogP contribution >= 0.6 is 125 Å². The molecule has 1 saturated carbocycles. The molecule has 208 valence electrons. The van der Waals surface area contributed by atoms with Crippen LogP contribution in [0.25, 0.3) is 5.69 Å². The fourth-order valence-electron chi connectivity index (χ4n) is 3.83. The number of aromatic nitrogens is 4. The van der Waals surface area contributed by atoms with Crippen LogP contribution in [0, 0.1) is 18.8 Å². The Balaban J connectivity index is 1.72. The number of hydrogen-bond acceptors (Lipinski definition) is 15. The van der Waals surface area contributed by atoms with Crippen molar-refractivity contribution in [3.05, 3.63) is 59.7 Å². The molecule has 0 unspecified atom stereocenters. The van der Waals surface area contributed by atoms with Gasteiger partial charge in [0.1, 0.15) is 39.4 Å². The number of aryl methyl sites for hydroxylation is 1. The summed E-state index contributed by atoms with van der Waals surface area (Å²) in [6.07, 6.45) is 3.35. The van der Waals surface area contributed by atoms with E-state index in [2.05, 4.69) is 27.0 Å². The molecule has 4 rings (SSSR count). The summed E-state index contributed by atoms with van der Waals surface area (Å²) in [4.78, 5) is 4.25. The molecule has 1 N–H and O–H groups in total. The SMILES string of the molecule is Cc1cc(OCc2nnc(SC3(S)C(S)(S)C(S)(S)C(S)(S)C3(S)S)n2-c2cccnc2)ccc1C#CCO. The van der Waals surface area contributed by atoms with E-state index in [-0.39, 0.29) is 13.2 Å². The minimum Gasteiger partial charge on any atom is -0.486 e. The van der Waals surface area contributed by atoms with Gasteiger partial charge in [-0.15, -0.1) is 10.2 Å². The molecule has 6 nitrogen and oxygen atoms in total. The summed E-state index contributed by atoms with van der Waals surface area (Å²) in [5.41, 5.74) is 2.42. The van der Waals surface area contributed by atoms with Crippen molar-refractivity contribution in [1.29, 1.82) is 0 Å². The first-order valence-electron chi connectivity index (χ1n) is 11.0. The fourth-order valence-corrected chi connectivity index (χ4v) is 10.6. The van der Waals surface area contributed by atoms with E-state index in [1.54, 1.807) is 29.1 Å². The van der Waals surface area contributed by atoms with Gasteiger partial charge in [0.2, 0.25) is 0 Å². The normalized spacial score (nSPS) is 19.8. The summed E-state index contributed by atoms with van der Waals surface area (Å²) in [5, 5.41) is 18.2. The van der Waals surface area contributed by atoms with Gasteiger partial charge in [-0.2, -0.15) is 114 Å². The number of rotatable bonds is 6. The molecule has 0 radical (unpaired) electrons. The standard InChI is InChI=1S/C23H24N4O2S10/c1-13-10-16(7-6-14(13)4-3-9-28)29-12-17-25-26-18(27(17)15-5-2-8-24-11-15)39-23(38)21(34,35)19(30,31)20(32,33)22(23,36)37/h2,5-8,10-11,28,30-38H,9,12H2,1H3. The first-order chi connectivity index (χ1) is 18.1. The second-order valence-electron chi connectivity index (χ2n) is 8.61. The van der Waals surface area contributed by atoms with Crippen molar-refractivity contribution in [2.24, 2.45) is 0 Å². The molecule has 0 amide bonds. The highest BCUT2D eigenvalue weighted by Crippen LogP contribution is 2.78. The summed E-state index contributed by atoms with van der Waals surface area (Å²) < 4.78 is 1.26.